The molecule has 0 bridgehead atoms. The van der Waals surface area contributed by atoms with Gasteiger partial charge >= 0.3 is 0 Å². The van der Waals surface area contributed by atoms with Crippen molar-refractivity contribution >= 4 is 0 Å². The van der Waals surface area contributed by atoms with E-state index in [1.54, 1.807) is 7.11 Å². The van der Waals surface area contributed by atoms with Gasteiger partial charge in [-0.1, -0.05) is 13.8 Å². The molecule has 3 atom stereocenters. The highest BCUT2D eigenvalue weighted by Gasteiger charge is 2.22. The van der Waals surface area contributed by atoms with E-state index in [1.807, 2.05) is 0 Å². The normalized spacial score (nSPS) is 30.4. The summed E-state index contributed by atoms with van der Waals surface area (Å²) in [6.07, 6.45) is 2.33. The van der Waals surface area contributed by atoms with E-state index in [2.05, 4.69) is 18.7 Å². The van der Waals surface area contributed by atoms with Gasteiger partial charge in [0.15, 0.2) is 0 Å². The van der Waals surface area contributed by atoms with Gasteiger partial charge < -0.3 is 15.4 Å². The molecule has 1 fully saturated rings. The fourth-order valence-corrected chi connectivity index (χ4v) is 2.63. The summed E-state index contributed by atoms with van der Waals surface area (Å²) in [5.74, 6) is 1.65. The van der Waals surface area contributed by atoms with E-state index < -0.39 is 0 Å². The highest BCUT2D eigenvalue weighted by atomic mass is 16.5. The van der Waals surface area contributed by atoms with Gasteiger partial charge in [0.25, 0.3) is 0 Å². The predicted octanol–water partition coefficient (Wildman–Crippen LogP) is 1.33. The van der Waals surface area contributed by atoms with Crippen molar-refractivity contribution < 1.29 is 4.74 Å². The first-order valence-corrected chi connectivity index (χ1v) is 6.08. The number of nitrogens with zero attached hydrogens (tertiary/aromatic N) is 1. The highest BCUT2D eigenvalue weighted by Crippen LogP contribution is 2.20. The van der Waals surface area contributed by atoms with Crippen molar-refractivity contribution in [1.82, 2.24) is 4.90 Å². The smallest absolute Gasteiger partial charge is 0.0477 e. The molecule has 15 heavy (non-hydrogen) atoms. The zero-order chi connectivity index (χ0) is 11.3. The van der Waals surface area contributed by atoms with E-state index in [-0.39, 0.29) is 6.04 Å². The Kier molecular flexibility index (Phi) is 5.58. The molecule has 0 aliphatic carbocycles. The van der Waals surface area contributed by atoms with Crippen molar-refractivity contribution in [3.8, 4) is 0 Å². The summed E-state index contributed by atoms with van der Waals surface area (Å²) < 4.78 is 5.05. The number of nitrogens with two attached hydrogens (primary N) is 1. The number of rotatable bonds is 5. The number of ether oxygens (including phenoxy) is 1. The van der Waals surface area contributed by atoms with Gasteiger partial charge in [-0.3, -0.25) is 0 Å². The Morgan fingerprint density at radius 3 is 2.47 bits per heavy atom. The number of hydrogen-bond donors (Lipinski definition) is 1. The van der Waals surface area contributed by atoms with Crippen molar-refractivity contribution in [2.45, 2.75) is 32.7 Å². The zero-order valence-corrected chi connectivity index (χ0v) is 10.4. The monoisotopic (exact) mass is 214 g/mol. The third-order valence-corrected chi connectivity index (χ3v) is 3.13. The fraction of sp³-hybridized carbons (Fsp3) is 1.00. The molecule has 1 saturated heterocycles. The Labute approximate surface area is 94.0 Å². The lowest BCUT2D eigenvalue weighted by Gasteiger charge is -2.36. The molecule has 90 valence electrons. The molecule has 1 heterocycles. The van der Waals surface area contributed by atoms with Crippen LogP contribution in [0.15, 0.2) is 0 Å². The van der Waals surface area contributed by atoms with Crippen LogP contribution in [0.3, 0.4) is 0 Å². The second-order valence-corrected chi connectivity index (χ2v) is 5.21. The number of piperidine rings is 1. The van der Waals surface area contributed by atoms with Crippen LogP contribution in [0.5, 0.6) is 0 Å². The van der Waals surface area contributed by atoms with E-state index in [0.717, 1.165) is 31.4 Å². The van der Waals surface area contributed by atoms with Gasteiger partial charge in [-0.15, -0.1) is 0 Å². The molecule has 3 heteroatoms. The fourth-order valence-electron chi connectivity index (χ4n) is 2.63. The first-order chi connectivity index (χ1) is 7.11. The summed E-state index contributed by atoms with van der Waals surface area (Å²) in [7, 11) is 1.73. The van der Waals surface area contributed by atoms with E-state index in [0.29, 0.717) is 0 Å². The molecule has 1 aliphatic rings. The van der Waals surface area contributed by atoms with Gasteiger partial charge in [-0.25, -0.2) is 0 Å². The minimum absolute atomic E-state index is 0.266. The van der Waals surface area contributed by atoms with Gasteiger partial charge in [-0.05, 0) is 24.7 Å². The Morgan fingerprint density at radius 1 is 1.33 bits per heavy atom. The molecule has 2 N–H and O–H groups in total. The van der Waals surface area contributed by atoms with Gasteiger partial charge in [0.05, 0.1) is 0 Å². The van der Waals surface area contributed by atoms with Gasteiger partial charge in [0, 0.05) is 39.4 Å². The van der Waals surface area contributed by atoms with Gasteiger partial charge in [-0.2, -0.15) is 0 Å². The van der Waals surface area contributed by atoms with Crippen LogP contribution in [0, 0.1) is 11.8 Å². The van der Waals surface area contributed by atoms with E-state index in [1.165, 1.54) is 19.5 Å². The summed E-state index contributed by atoms with van der Waals surface area (Å²) in [4.78, 5) is 2.51. The average Bonchev–Trinajstić information content (AvgIpc) is 2.13. The van der Waals surface area contributed by atoms with Crippen LogP contribution in [0.4, 0.5) is 0 Å². The van der Waals surface area contributed by atoms with Crippen molar-refractivity contribution in [1.29, 1.82) is 0 Å². The van der Waals surface area contributed by atoms with Gasteiger partial charge in [0.1, 0.15) is 0 Å². The molecule has 0 aromatic rings. The lowest BCUT2D eigenvalue weighted by Crippen LogP contribution is -2.45. The molecular formula is C12H26N2O. The summed E-state index contributed by atoms with van der Waals surface area (Å²) in [5, 5.41) is 0. The van der Waals surface area contributed by atoms with Crippen LogP contribution in [0.1, 0.15) is 26.7 Å². The molecule has 1 rings (SSSR count). The molecule has 0 aromatic heterocycles. The van der Waals surface area contributed by atoms with Crippen molar-refractivity contribution in [2.75, 3.05) is 33.4 Å². The van der Waals surface area contributed by atoms with Crippen LogP contribution in [0.2, 0.25) is 0 Å². The molecule has 0 amide bonds. The summed E-state index contributed by atoms with van der Waals surface area (Å²) in [5.41, 5.74) is 6.06. The van der Waals surface area contributed by atoms with Crippen molar-refractivity contribution in [3.63, 3.8) is 0 Å². The topological polar surface area (TPSA) is 38.5 Å². The van der Waals surface area contributed by atoms with Crippen molar-refractivity contribution in [3.05, 3.63) is 0 Å². The first-order valence-electron chi connectivity index (χ1n) is 6.08. The Hall–Kier alpha value is -0.120. The third kappa shape index (κ3) is 4.96. The number of likely N-dealkylation sites (tertiary alicyclic amines) is 1. The summed E-state index contributed by atoms with van der Waals surface area (Å²) in [6.45, 7) is 8.90. The van der Waals surface area contributed by atoms with Crippen molar-refractivity contribution in [2.24, 2.45) is 17.6 Å². The second kappa shape index (κ2) is 6.46. The second-order valence-electron chi connectivity index (χ2n) is 5.21. The molecule has 3 nitrogen and oxygen atoms in total. The standard InChI is InChI=1S/C12H26N2O/c1-10-6-11(2)8-14(7-10)9-12(13)4-5-15-3/h10-12H,4-9,13H2,1-3H3. The Balaban J connectivity index is 2.24. The lowest BCUT2D eigenvalue weighted by molar-refractivity contribution is 0.123. The van der Waals surface area contributed by atoms with E-state index >= 15 is 0 Å². The molecule has 0 spiro atoms. The third-order valence-electron chi connectivity index (χ3n) is 3.13. The van der Waals surface area contributed by atoms with E-state index in [9.17, 15) is 0 Å². The minimum Gasteiger partial charge on any atom is -0.385 e. The largest absolute Gasteiger partial charge is 0.385 e. The maximum Gasteiger partial charge on any atom is 0.0477 e. The van der Waals surface area contributed by atoms with Crippen LogP contribution >= 0.6 is 0 Å². The zero-order valence-electron chi connectivity index (χ0n) is 10.4. The van der Waals surface area contributed by atoms with Gasteiger partial charge in [0.2, 0.25) is 0 Å². The average molecular weight is 214 g/mol. The van der Waals surface area contributed by atoms with Crippen LogP contribution in [0.25, 0.3) is 0 Å². The van der Waals surface area contributed by atoms with E-state index in [4.69, 9.17) is 10.5 Å². The SMILES string of the molecule is COCCC(N)CN1CC(C)CC(C)C1. The molecule has 0 aromatic carbocycles. The number of hydrogen-bond acceptors (Lipinski definition) is 3. The Morgan fingerprint density at radius 2 is 1.93 bits per heavy atom. The molecular weight excluding hydrogens is 188 g/mol. The lowest BCUT2D eigenvalue weighted by atomic mass is 9.91. The quantitative estimate of drug-likeness (QED) is 0.750. The predicted molar refractivity (Wildman–Crippen MR) is 63.9 cm³/mol. The van der Waals surface area contributed by atoms with Crippen LogP contribution in [-0.2, 0) is 4.74 Å². The Bertz CT molecular complexity index is 165. The van der Waals surface area contributed by atoms with Crippen LogP contribution < -0.4 is 5.73 Å². The minimum atomic E-state index is 0.266. The molecule has 0 radical (unpaired) electrons. The maximum atomic E-state index is 6.06. The highest BCUT2D eigenvalue weighted by molar-refractivity contribution is 4.77. The molecule has 0 saturated carbocycles. The van der Waals surface area contributed by atoms with Crippen LogP contribution in [-0.4, -0.2) is 44.3 Å². The first kappa shape index (κ1) is 12.9. The number of methoxy groups -OCH3 is 1. The summed E-state index contributed by atoms with van der Waals surface area (Å²) in [6, 6.07) is 0.266. The molecule has 1 aliphatic heterocycles. The summed E-state index contributed by atoms with van der Waals surface area (Å²) >= 11 is 0. The maximum absolute atomic E-state index is 6.06. The molecule has 3 unspecified atom stereocenters.